The van der Waals surface area contributed by atoms with E-state index in [1.807, 2.05) is 41.8 Å². The van der Waals surface area contributed by atoms with Gasteiger partial charge < -0.3 is 10.0 Å². The topological polar surface area (TPSA) is 57.6 Å². The summed E-state index contributed by atoms with van der Waals surface area (Å²) in [5.74, 6) is -2.24. The number of carboxylic acid groups (broad SMARTS) is 1. The van der Waals surface area contributed by atoms with Crippen LogP contribution in [0.5, 0.6) is 0 Å². The van der Waals surface area contributed by atoms with E-state index in [4.69, 9.17) is 34.8 Å². The highest BCUT2D eigenvalue weighted by Crippen LogP contribution is 2.33. The molecule has 3 aromatic carbocycles. The Morgan fingerprint density at radius 1 is 0.944 bits per heavy atom. The van der Waals surface area contributed by atoms with Crippen LogP contribution < -0.4 is 0 Å². The molecule has 0 saturated carbocycles. The summed E-state index contributed by atoms with van der Waals surface area (Å²) in [5, 5.41) is 12.5. The van der Waals surface area contributed by atoms with Crippen LogP contribution in [0.2, 0.25) is 15.1 Å². The molecule has 0 aliphatic carbocycles. The molecule has 184 valence electrons. The lowest BCUT2D eigenvalue weighted by Gasteiger charge is -2.30. The summed E-state index contributed by atoms with van der Waals surface area (Å²) in [6.07, 6.45) is 0.0935. The average molecular weight is 563 g/mol. The van der Waals surface area contributed by atoms with Crippen molar-refractivity contribution >= 4 is 58.0 Å². The molecule has 4 nitrogen and oxygen atoms in total. The van der Waals surface area contributed by atoms with Crippen LogP contribution in [0.25, 0.3) is 11.1 Å². The summed E-state index contributed by atoms with van der Waals surface area (Å²) in [4.78, 5) is 28.3. The number of halogens is 4. The molecule has 4 rings (SSSR count). The minimum Gasteiger partial charge on any atom is -0.480 e. The zero-order valence-corrected chi connectivity index (χ0v) is 21.7. The van der Waals surface area contributed by atoms with Gasteiger partial charge in [0, 0.05) is 16.3 Å². The van der Waals surface area contributed by atoms with Crippen LogP contribution in [0.15, 0.2) is 78.2 Å². The van der Waals surface area contributed by atoms with E-state index >= 15 is 0 Å². The van der Waals surface area contributed by atoms with Gasteiger partial charge in [-0.15, -0.1) is 11.3 Å². The number of hydrogen-bond acceptors (Lipinski definition) is 3. The monoisotopic (exact) mass is 561 g/mol. The molecule has 9 heteroatoms. The zero-order chi connectivity index (χ0) is 25.8. The second-order valence-electron chi connectivity index (χ2n) is 7.99. The van der Waals surface area contributed by atoms with Crippen molar-refractivity contribution in [3.05, 3.63) is 115 Å². The standard InChI is InChI=1S/C27H19Cl3FNO3S/c28-18-7-8-20(21(29)14-18)26(33)32(24(27(34)35)12-16-4-2-1-3-5-16)15-25-19(10-11-36-25)17-6-9-23(31)22(30)13-17/h1-11,13-14,24H,12,15H2,(H,34,35). The van der Waals surface area contributed by atoms with Gasteiger partial charge in [-0.2, -0.15) is 0 Å². The number of nitrogens with zero attached hydrogens (tertiary/aromatic N) is 1. The van der Waals surface area contributed by atoms with Crippen LogP contribution in [0, 0.1) is 5.82 Å². The summed E-state index contributed by atoms with van der Waals surface area (Å²) in [6, 6.07) is 18.5. The van der Waals surface area contributed by atoms with E-state index in [1.165, 1.54) is 46.6 Å². The van der Waals surface area contributed by atoms with E-state index in [9.17, 15) is 19.1 Å². The highest BCUT2D eigenvalue weighted by molar-refractivity contribution is 7.10. The molecule has 1 amide bonds. The van der Waals surface area contributed by atoms with Crippen molar-refractivity contribution in [3.8, 4) is 11.1 Å². The molecule has 36 heavy (non-hydrogen) atoms. The third-order valence-corrected chi connectivity index (χ3v) is 7.39. The van der Waals surface area contributed by atoms with Crippen LogP contribution in [0.3, 0.4) is 0 Å². The zero-order valence-electron chi connectivity index (χ0n) is 18.6. The Bertz CT molecular complexity index is 1410. The third-order valence-electron chi connectivity index (χ3n) is 5.65. The first-order valence-electron chi connectivity index (χ1n) is 10.8. The summed E-state index contributed by atoms with van der Waals surface area (Å²) < 4.78 is 13.7. The van der Waals surface area contributed by atoms with Gasteiger partial charge in [-0.1, -0.05) is 71.2 Å². The summed E-state index contributed by atoms with van der Waals surface area (Å²) in [7, 11) is 0. The van der Waals surface area contributed by atoms with Gasteiger partial charge >= 0.3 is 5.97 Å². The molecule has 0 saturated heterocycles. The van der Waals surface area contributed by atoms with Gasteiger partial charge in [0.15, 0.2) is 0 Å². The van der Waals surface area contributed by atoms with Gasteiger partial charge in [0.1, 0.15) is 11.9 Å². The molecule has 0 bridgehead atoms. The number of amides is 1. The van der Waals surface area contributed by atoms with Crippen molar-refractivity contribution in [3.63, 3.8) is 0 Å². The fourth-order valence-corrected chi connectivity index (χ4v) is 5.41. The minimum absolute atomic E-state index is 0.0103. The smallest absolute Gasteiger partial charge is 0.326 e. The van der Waals surface area contributed by atoms with Gasteiger partial charge in [-0.3, -0.25) is 4.79 Å². The molecular weight excluding hydrogens is 544 g/mol. The highest BCUT2D eigenvalue weighted by Gasteiger charge is 2.32. The van der Waals surface area contributed by atoms with Gasteiger partial charge in [-0.05, 0) is 58.5 Å². The molecule has 0 aliphatic rings. The molecule has 1 aromatic heterocycles. The largest absolute Gasteiger partial charge is 0.480 e. The molecular formula is C27H19Cl3FNO3S. The van der Waals surface area contributed by atoms with Crippen LogP contribution in [0.1, 0.15) is 20.8 Å². The number of carbonyl (C=O) groups excluding carboxylic acids is 1. The predicted molar refractivity (Wildman–Crippen MR) is 143 cm³/mol. The normalized spacial score (nSPS) is 11.8. The molecule has 0 aliphatic heterocycles. The van der Waals surface area contributed by atoms with E-state index in [2.05, 4.69) is 0 Å². The van der Waals surface area contributed by atoms with Crippen molar-refractivity contribution in [1.29, 1.82) is 0 Å². The summed E-state index contributed by atoms with van der Waals surface area (Å²) in [6.45, 7) is -0.0103. The molecule has 1 N–H and O–H groups in total. The predicted octanol–water partition coefficient (Wildman–Crippen LogP) is 7.85. The van der Waals surface area contributed by atoms with Gasteiger partial charge in [-0.25, -0.2) is 9.18 Å². The quantitative estimate of drug-likeness (QED) is 0.238. The van der Waals surface area contributed by atoms with Crippen LogP contribution in [-0.2, 0) is 17.8 Å². The Morgan fingerprint density at radius 2 is 1.69 bits per heavy atom. The Labute approximate surface area is 226 Å². The SMILES string of the molecule is O=C(O)C(Cc1ccccc1)N(Cc1sccc1-c1ccc(F)c(Cl)c1)C(=O)c1ccc(Cl)cc1Cl. The van der Waals surface area contributed by atoms with Crippen molar-refractivity contribution in [2.45, 2.75) is 19.0 Å². The first-order chi connectivity index (χ1) is 17.2. The second kappa shape index (κ2) is 11.4. The van der Waals surface area contributed by atoms with Crippen molar-refractivity contribution in [2.75, 3.05) is 0 Å². The maximum Gasteiger partial charge on any atom is 0.326 e. The van der Waals surface area contributed by atoms with Gasteiger partial charge in [0.05, 0.1) is 22.2 Å². The Morgan fingerprint density at radius 3 is 2.36 bits per heavy atom. The van der Waals surface area contributed by atoms with Crippen LogP contribution in [0.4, 0.5) is 4.39 Å². The van der Waals surface area contributed by atoms with Gasteiger partial charge in [0.25, 0.3) is 5.91 Å². The number of carboxylic acids is 1. The number of benzene rings is 3. The number of aliphatic carboxylic acids is 1. The third kappa shape index (κ3) is 5.90. The summed E-state index contributed by atoms with van der Waals surface area (Å²) in [5.41, 5.74) is 2.29. The van der Waals surface area contributed by atoms with Crippen molar-refractivity contribution in [1.82, 2.24) is 4.90 Å². The summed E-state index contributed by atoms with van der Waals surface area (Å²) >= 11 is 19.7. The van der Waals surface area contributed by atoms with Crippen LogP contribution >= 0.6 is 46.1 Å². The second-order valence-corrected chi connectivity index (χ2v) is 10.2. The molecule has 0 spiro atoms. The van der Waals surface area contributed by atoms with E-state index in [0.29, 0.717) is 10.6 Å². The molecule has 4 aromatic rings. The molecule has 1 unspecified atom stereocenters. The first kappa shape index (κ1) is 26.2. The van der Waals surface area contributed by atoms with E-state index in [0.717, 1.165) is 16.0 Å². The van der Waals surface area contributed by atoms with E-state index in [1.54, 1.807) is 6.07 Å². The van der Waals surface area contributed by atoms with Gasteiger partial charge in [0.2, 0.25) is 0 Å². The maximum atomic E-state index is 13.8. The average Bonchev–Trinajstić information content (AvgIpc) is 3.31. The number of carbonyl (C=O) groups is 2. The highest BCUT2D eigenvalue weighted by atomic mass is 35.5. The van der Waals surface area contributed by atoms with Crippen LogP contribution in [-0.4, -0.2) is 27.9 Å². The molecule has 0 fully saturated rings. The fraction of sp³-hybridized carbons (Fsp3) is 0.111. The lowest BCUT2D eigenvalue weighted by Crippen LogP contribution is -2.46. The lowest BCUT2D eigenvalue weighted by atomic mass is 10.0. The Kier molecular flexibility index (Phi) is 8.32. The van der Waals surface area contributed by atoms with E-state index in [-0.39, 0.29) is 28.6 Å². The molecule has 1 atom stereocenters. The first-order valence-corrected chi connectivity index (χ1v) is 12.8. The minimum atomic E-state index is -1.18. The fourth-order valence-electron chi connectivity index (χ4n) is 3.85. The molecule has 1 heterocycles. The molecule has 0 radical (unpaired) electrons. The number of thiophene rings is 1. The number of hydrogen-bond donors (Lipinski definition) is 1. The Hall–Kier alpha value is -2.90. The van der Waals surface area contributed by atoms with Crippen molar-refractivity contribution < 1.29 is 19.1 Å². The number of rotatable bonds is 8. The Balaban J connectivity index is 1.77. The maximum absolute atomic E-state index is 13.8. The lowest BCUT2D eigenvalue weighted by molar-refractivity contribution is -0.142. The van der Waals surface area contributed by atoms with E-state index < -0.39 is 23.7 Å². The van der Waals surface area contributed by atoms with Crippen molar-refractivity contribution in [2.24, 2.45) is 0 Å².